The number of hydrogen-bond donors (Lipinski definition) is 1. The monoisotopic (exact) mass is 406 g/mol. The molecule has 0 spiro atoms. The number of likely N-dealkylation sites (tertiary alicyclic amines) is 1. The van der Waals surface area contributed by atoms with Gasteiger partial charge in [0.25, 0.3) is 5.91 Å². The van der Waals surface area contributed by atoms with E-state index in [0.29, 0.717) is 18.7 Å². The Bertz CT molecular complexity index is 983. The summed E-state index contributed by atoms with van der Waals surface area (Å²) in [6.07, 6.45) is 4.08. The molecule has 6 nitrogen and oxygen atoms in total. The molecule has 1 aliphatic heterocycles. The van der Waals surface area contributed by atoms with Gasteiger partial charge in [-0.05, 0) is 64.4 Å². The lowest BCUT2D eigenvalue weighted by atomic mass is 10.1. The van der Waals surface area contributed by atoms with Crippen molar-refractivity contribution in [3.63, 3.8) is 0 Å². The summed E-state index contributed by atoms with van der Waals surface area (Å²) in [6, 6.07) is 12.4. The van der Waals surface area contributed by atoms with E-state index in [1.165, 1.54) is 24.0 Å². The summed E-state index contributed by atoms with van der Waals surface area (Å²) in [7, 11) is 0. The number of carbonyl (C=O) groups excluding carboxylic acids is 1. The Labute approximate surface area is 177 Å². The standard InChI is InChI=1S/C24H30N4O2/c1-17-8-10-20(11-9-17)16-28-19(3)23(18(2)26-28)24(29)25-15-21(22-7-6-14-30-22)27-12-4-5-13-27/h6-11,14,21H,4-5,12-13,15-16H2,1-3H3,(H,25,29)/t21-/m0/s1. The highest BCUT2D eigenvalue weighted by Gasteiger charge is 2.27. The van der Waals surface area contributed by atoms with Crippen molar-refractivity contribution in [1.82, 2.24) is 20.0 Å². The third kappa shape index (κ3) is 4.33. The third-order valence-electron chi connectivity index (χ3n) is 5.97. The smallest absolute Gasteiger partial charge is 0.255 e. The molecule has 3 heterocycles. The summed E-state index contributed by atoms with van der Waals surface area (Å²) < 4.78 is 7.58. The third-order valence-corrected chi connectivity index (χ3v) is 5.97. The van der Waals surface area contributed by atoms with Crippen LogP contribution in [-0.4, -0.2) is 40.2 Å². The molecule has 1 N–H and O–H groups in total. The van der Waals surface area contributed by atoms with Crippen LogP contribution < -0.4 is 5.32 Å². The van der Waals surface area contributed by atoms with Crippen molar-refractivity contribution in [2.75, 3.05) is 19.6 Å². The van der Waals surface area contributed by atoms with Gasteiger partial charge in [0.05, 0.1) is 30.1 Å². The molecule has 30 heavy (non-hydrogen) atoms. The van der Waals surface area contributed by atoms with Crippen LogP contribution >= 0.6 is 0 Å². The highest BCUT2D eigenvalue weighted by molar-refractivity contribution is 5.96. The minimum absolute atomic E-state index is 0.0645. The molecule has 158 valence electrons. The van der Waals surface area contributed by atoms with Gasteiger partial charge in [0, 0.05) is 12.2 Å². The molecule has 1 amide bonds. The molecule has 0 unspecified atom stereocenters. The van der Waals surface area contributed by atoms with Gasteiger partial charge in [0.1, 0.15) is 5.76 Å². The van der Waals surface area contributed by atoms with Crippen LogP contribution in [0, 0.1) is 20.8 Å². The maximum atomic E-state index is 13.1. The van der Waals surface area contributed by atoms with Crippen molar-refractivity contribution in [3.8, 4) is 0 Å². The van der Waals surface area contributed by atoms with Crippen LogP contribution in [0.4, 0.5) is 0 Å². The molecule has 3 aromatic rings. The predicted octanol–water partition coefficient (Wildman–Crippen LogP) is 4.02. The van der Waals surface area contributed by atoms with Crippen molar-refractivity contribution in [3.05, 3.63) is 76.5 Å². The van der Waals surface area contributed by atoms with Crippen LogP contribution in [0.3, 0.4) is 0 Å². The Morgan fingerprint density at radius 2 is 1.87 bits per heavy atom. The van der Waals surface area contributed by atoms with Crippen LogP contribution in [0.5, 0.6) is 0 Å². The zero-order valence-electron chi connectivity index (χ0n) is 18.0. The number of aryl methyl sites for hydroxylation is 2. The van der Waals surface area contributed by atoms with E-state index in [1.54, 1.807) is 6.26 Å². The Morgan fingerprint density at radius 3 is 2.53 bits per heavy atom. The molecular weight excluding hydrogens is 376 g/mol. The van der Waals surface area contributed by atoms with E-state index in [9.17, 15) is 4.79 Å². The topological polar surface area (TPSA) is 63.3 Å². The lowest BCUT2D eigenvalue weighted by molar-refractivity contribution is 0.0932. The number of hydrogen-bond acceptors (Lipinski definition) is 4. The van der Waals surface area contributed by atoms with E-state index < -0.39 is 0 Å². The quantitative estimate of drug-likeness (QED) is 0.644. The Kier molecular flexibility index (Phi) is 6.04. The number of nitrogens with zero attached hydrogens (tertiary/aromatic N) is 3. The molecule has 1 atom stereocenters. The number of furan rings is 1. The minimum Gasteiger partial charge on any atom is -0.468 e. The number of nitrogens with one attached hydrogen (secondary N) is 1. The lowest BCUT2D eigenvalue weighted by Crippen LogP contribution is -2.37. The van der Waals surface area contributed by atoms with E-state index in [2.05, 4.69) is 46.5 Å². The maximum Gasteiger partial charge on any atom is 0.255 e. The average molecular weight is 407 g/mol. The fraction of sp³-hybridized carbons (Fsp3) is 0.417. The summed E-state index contributed by atoms with van der Waals surface area (Å²) in [5.41, 5.74) is 4.72. The van der Waals surface area contributed by atoms with Crippen LogP contribution in [-0.2, 0) is 6.54 Å². The minimum atomic E-state index is -0.0732. The molecule has 0 aliphatic carbocycles. The largest absolute Gasteiger partial charge is 0.468 e. The van der Waals surface area contributed by atoms with Gasteiger partial charge in [0.15, 0.2) is 0 Å². The van der Waals surface area contributed by atoms with E-state index in [0.717, 1.165) is 30.2 Å². The molecule has 0 bridgehead atoms. The van der Waals surface area contributed by atoms with Crippen LogP contribution in [0.2, 0.25) is 0 Å². The van der Waals surface area contributed by atoms with Crippen molar-refractivity contribution in [1.29, 1.82) is 0 Å². The number of benzene rings is 1. The SMILES string of the molecule is Cc1ccc(Cn2nc(C)c(C(=O)NC[C@@H](c3ccco3)N3CCCC3)c2C)cc1. The summed E-state index contributed by atoms with van der Waals surface area (Å²) in [5.74, 6) is 0.830. The zero-order valence-corrected chi connectivity index (χ0v) is 18.0. The molecule has 1 fully saturated rings. The fourth-order valence-electron chi connectivity index (χ4n) is 4.27. The molecule has 4 rings (SSSR count). The maximum absolute atomic E-state index is 13.1. The molecule has 0 saturated carbocycles. The molecule has 1 aromatic carbocycles. The number of rotatable bonds is 7. The molecule has 1 aliphatic rings. The van der Waals surface area contributed by atoms with Gasteiger partial charge in [-0.25, -0.2) is 0 Å². The Balaban J connectivity index is 1.47. The second-order valence-corrected chi connectivity index (χ2v) is 8.17. The highest BCUT2D eigenvalue weighted by Crippen LogP contribution is 2.25. The Hall–Kier alpha value is -2.86. The zero-order chi connectivity index (χ0) is 21.1. The van der Waals surface area contributed by atoms with Gasteiger partial charge < -0.3 is 9.73 Å². The molecule has 2 aromatic heterocycles. The summed E-state index contributed by atoms with van der Waals surface area (Å²) in [6.45, 7) is 9.19. The second-order valence-electron chi connectivity index (χ2n) is 8.17. The van der Waals surface area contributed by atoms with Gasteiger partial charge >= 0.3 is 0 Å². The van der Waals surface area contributed by atoms with E-state index in [4.69, 9.17) is 4.42 Å². The van der Waals surface area contributed by atoms with Crippen LogP contribution in [0.1, 0.15) is 57.5 Å². The van der Waals surface area contributed by atoms with Crippen LogP contribution in [0.15, 0.2) is 47.1 Å². The normalized spacial score (nSPS) is 15.4. The molecular formula is C24H30N4O2. The van der Waals surface area contributed by atoms with Gasteiger partial charge in [-0.3, -0.25) is 14.4 Å². The average Bonchev–Trinajstić information content (AvgIpc) is 3.48. The first-order chi connectivity index (χ1) is 14.5. The first kappa shape index (κ1) is 20.4. The molecule has 6 heteroatoms. The number of carbonyl (C=O) groups is 1. The number of aromatic nitrogens is 2. The van der Waals surface area contributed by atoms with E-state index in [1.807, 2.05) is 30.7 Å². The first-order valence-electron chi connectivity index (χ1n) is 10.7. The van der Waals surface area contributed by atoms with Crippen molar-refractivity contribution in [2.24, 2.45) is 0 Å². The first-order valence-corrected chi connectivity index (χ1v) is 10.7. The Morgan fingerprint density at radius 1 is 1.13 bits per heavy atom. The van der Waals surface area contributed by atoms with Gasteiger partial charge in [-0.2, -0.15) is 5.10 Å². The van der Waals surface area contributed by atoms with Crippen molar-refractivity contribution >= 4 is 5.91 Å². The van der Waals surface area contributed by atoms with Gasteiger partial charge in [-0.15, -0.1) is 0 Å². The fourth-order valence-corrected chi connectivity index (χ4v) is 4.27. The van der Waals surface area contributed by atoms with E-state index >= 15 is 0 Å². The van der Waals surface area contributed by atoms with E-state index in [-0.39, 0.29) is 11.9 Å². The summed E-state index contributed by atoms with van der Waals surface area (Å²) in [5, 5.41) is 7.77. The van der Waals surface area contributed by atoms with Gasteiger partial charge in [0.2, 0.25) is 0 Å². The lowest BCUT2D eigenvalue weighted by Gasteiger charge is -2.26. The second kappa shape index (κ2) is 8.88. The molecule has 1 saturated heterocycles. The van der Waals surface area contributed by atoms with Crippen LogP contribution in [0.25, 0.3) is 0 Å². The molecule has 0 radical (unpaired) electrons. The number of amides is 1. The summed E-state index contributed by atoms with van der Waals surface area (Å²) in [4.78, 5) is 15.5. The predicted molar refractivity (Wildman–Crippen MR) is 117 cm³/mol. The van der Waals surface area contributed by atoms with Crippen molar-refractivity contribution < 1.29 is 9.21 Å². The summed E-state index contributed by atoms with van der Waals surface area (Å²) >= 11 is 0. The van der Waals surface area contributed by atoms with Gasteiger partial charge in [-0.1, -0.05) is 29.8 Å². The highest BCUT2D eigenvalue weighted by atomic mass is 16.3. The van der Waals surface area contributed by atoms with Crippen molar-refractivity contribution in [2.45, 2.75) is 46.2 Å².